The lowest BCUT2D eigenvalue weighted by atomic mass is 9.95. The van der Waals surface area contributed by atoms with E-state index < -0.39 is 0 Å². The molecule has 4 heteroatoms. The van der Waals surface area contributed by atoms with Gasteiger partial charge in [0.2, 0.25) is 10.2 Å². The number of fused-ring (bicyclic) bond motifs is 1. The highest BCUT2D eigenvalue weighted by Gasteiger charge is 2.14. The second-order valence-corrected chi connectivity index (χ2v) is 9.03. The van der Waals surface area contributed by atoms with E-state index in [0.717, 1.165) is 37.3 Å². The van der Waals surface area contributed by atoms with Crippen molar-refractivity contribution in [2.24, 2.45) is 0 Å². The van der Waals surface area contributed by atoms with Crippen LogP contribution in [0.3, 0.4) is 0 Å². The highest BCUT2D eigenvalue weighted by Crippen LogP contribution is 2.38. The van der Waals surface area contributed by atoms with Crippen LogP contribution in [0.1, 0.15) is 19.4 Å². The van der Waals surface area contributed by atoms with Crippen molar-refractivity contribution < 1.29 is 9.59 Å². The van der Waals surface area contributed by atoms with Gasteiger partial charge in [-0.3, -0.25) is 9.59 Å². The molecule has 3 rings (SSSR count). The first-order valence-corrected chi connectivity index (χ1v) is 10.8. The Morgan fingerprint density at radius 1 is 0.759 bits per heavy atom. The molecule has 0 saturated carbocycles. The Kier molecular flexibility index (Phi) is 6.46. The summed E-state index contributed by atoms with van der Waals surface area (Å²) in [5, 5.41) is 2.09. The van der Waals surface area contributed by atoms with Crippen LogP contribution in [0.25, 0.3) is 21.9 Å². The van der Waals surface area contributed by atoms with Gasteiger partial charge in [-0.2, -0.15) is 0 Å². The van der Waals surface area contributed by atoms with Gasteiger partial charge in [0.15, 0.2) is 0 Å². The summed E-state index contributed by atoms with van der Waals surface area (Å²) in [6.45, 7) is 13.0. The summed E-state index contributed by atoms with van der Waals surface area (Å²) in [5.41, 5.74) is 4.38. The molecule has 3 aromatic carbocycles. The van der Waals surface area contributed by atoms with E-state index >= 15 is 0 Å². The summed E-state index contributed by atoms with van der Waals surface area (Å²) in [7, 11) is 0. The van der Waals surface area contributed by atoms with Crippen LogP contribution in [0.4, 0.5) is 0 Å². The molecular weight excluding hydrogens is 396 g/mol. The molecule has 29 heavy (non-hydrogen) atoms. The molecule has 0 amide bonds. The average Bonchev–Trinajstić information content (AvgIpc) is 2.68. The lowest BCUT2D eigenvalue weighted by molar-refractivity contribution is -0.108. The molecule has 2 nitrogen and oxygen atoms in total. The van der Waals surface area contributed by atoms with Crippen molar-refractivity contribution in [3.05, 3.63) is 84.5 Å². The van der Waals surface area contributed by atoms with Crippen LogP contribution in [-0.4, -0.2) is 10.2 Å². The van der Waals surface area contributed by atoms with Crippen LogP contribution in [0.15, 0.2) is 88.7 Å². The van der Waals surface area contributed by atoms with Crippen LogP contribution < -0.4 is 0 Å². The molecule has 3 aromatic rings. The Morgan fingerprint density at radius 3 is 1.97 bits per heavy atom. The number of rotatable bonds is 5. The van der Waals surface area contributed by atoms with E-state index in [4.69, 9.17) is 0 Å². The molecule has 0 fully saturated rings. The van der Waals surface area contributed by atoms with Crippen LogP contribution in [0.5, 0.6) is 0 Å². The number of aryl methyl sites for hydroxylation is 1. The molecule has 0 radical (unpaired) electrons. The van der Waals surface area contributed by atoms with Crippen LogP contribution in [0, 0.1) is 6.92 Å². The average molecular weight is 419 g/mol. The van der Waals surface area contributed by atoms with E-state index in [1.807, 2.05) is 43.3 Å². The maximum absolute atomic E-state index is 12.2. The van der Waals surface area contributed by atoms with Gasteiger partial charge in [0.1, 0.15) is 0 Å². The summed E-state index contributed by atoms with van der Waals surface area (Å²) in [6, 6.07) is 18.2. The van der Waals surface area contributed by atoms with E-state index in [1.54, 1.807) is 13.8 Å². The topological polar surface area (TPSA) is 34.1 Å². The highest BCUT2D eigenvalue weighted by molar-refractivity contribution is 8.14. The molecule has 0 heterocycles. The third-order valence-corrected chi connectivity index (χ3v) is 6.62. The minimum atomic E-state index is -0.0253. The summed E-state index contributed by atoms with van der Waals surface area (Å²) in [6.07, 6.45) is 0. The van der Waals surface area contributed by atoms with Gasteiger partial charge < -0.3 is 0 Å². The number of hydrogen-bond acceptors (Lipinski definition) is 4. The molecule has 0 unspecified atom stereocenters. The zero-order chi connectivity index (χ0) is 21.1. The van der Waals surface area contributed by atoms with Gasteiger partial charge in [0.25, 0.3) is 0 Å². The molecule has 146 valence electrons. The number of thioether (sulfide) groups is 2. The van der Waals surface area contributed by atoms with Gasteiger partial charge in [-0.15, -0.1) is 0 Å². The second kappa shape index (κ2) is 8.85. The second-order valence-electron chi connectivity index (χ2n) is 6.97. The summed E-state index contributed by atoms with van der Waals surface area (Å²) in [4.78, 5) is 26.0. The van der Waals surface area contributed by atoms with Crippen molar-refractivity contribution in [1.82, 2.24) is 0 Å². The van der Waals surface area contributed by atoms with Gasteiger partial charge >= 0.3 is 0 Å². The zero-order valence-corrected chi connectivity index (χ0v) is 18.4. The van der Waals surface area contributed by atoms with E-state index in [0.29, 0.717) is 11.1 Å². The fourth-order valence-corrected chi connectivity index (χ4v) is 4.54. The molecular formula is C25H22O2S2. The molecule has 0 N–H and O–H groups in total. The third-order valence-electron chi connectivity index (χ3n) is 4.48. The Morgan fingerprint density at radius 2 is 1.34 bits per heavy atom. The van der Waals surface area contributed by atoms with Crippen LogP contribution in [-0.2, 0) is 9.59 Å². The minimum absolute atomic E-state index is 0.0221. The predicted octanol–water partition coefficient (Wildman–Crippen LogP) is 7.20. The molecule has 0 atom stereocenters. The predicted molar refractivity (Wildman–Crippen MR) is 125 cm³/mol. The number of hydrogen-bond donors (Lipinski definition) is 0. The largest absolute Gasteiger partial charge is 0.282 e. The van der Waals surface area contributed by atoms with Gasteiger partial charge in [-0.05, 0) is 101 Å². The van der Waals surface area contributed by atoms with Crippen molar-refractivity contribution in [3.63, 3.8) is 0 Å². The van der Waals surface area contributed by atoms with E-state index in [1.165, 1.54) is 23.5 Å². The minimum Gasteiger partial charge on any atom is -0.282 e. The Balaban J connectivity index is 2.05. The van der Waals surface area contributed by atoms with Gasteiger partial charge in [0.05, 0.1) is 0 Å². The summed E-state index contributed by atoms with van der Waals surface area (Å²) >= 11 is 2.41. The maximum atomic E-state index is 12.2. The molecule has 0 spiro atoms. The lowest BCUT2D eigenvalue weighted by Gasteiger charge is -2.14. The van der Waals surface area contributed by atoms with E-state index in [2.05, 4.69) is 31.4 Å². The Hall–Kier alpha value is -2.56. The fourth-order valence-electron chi connectivity index (χ4n) is 2.98. The Labute approximate surface area is 180 Å². The molecule has 0 aromatic heterocycles. The molecule has 0 aliphatic rings. The number of carbonyl (C=O) groups is 2. The lowest BCUT2D eigenvalue weighted by Crippen LogP contribution is -1.94. The summed E-state index contributed by atoms with van der Waals surface area (Å²) in [5.74, 6) is 0. The maximum Gasteiger partial charge on any atom is 0.219 e. The smallest absolute Gasteiger partial charge is 0.219 e. The first-order valence-electron chi connectivity index (χ1n) is 9.16. The highest BCUT2D eigenvalue weighted by atomic mass is 32.2. The summed E-state index contributed by atoms with van der Waals surface area (Å²) < 4.78 is 0. The van der Waals surface area contributed by atoms with Crippen molar-refractivity contribution in [1.29, 1.82) is 0 Å². The van der Waals surface area contributed by atoms with Gasteiger partial charge in [-0.25, -0.2) is 0 Å². The standard InChI is InChI=1S/C25H22O2S2/c1-15(2)24(26)28-18-10-11-19(17(5)14-18)21-12-13-23(29-25(27)16(3)4)22-9-7-6-8-20(21)22/h6-14H,1,3H2,2,4-5H3. The molecule has 0 aliphatic heterocycles. The Bertz CT molecular complexity index is 1160. The SMILES string of the molecule is C=C(C)C(=O)Sc1ccc(-c2ccc(SC(=O)C(=C)C)c3ccccc23)c(C)c1. The van der Waals surface area contributed by atoms with Crippen molar-refractivity contribution in [2.75, 3.05) is 0 Å². The quantitative estimate of drug-likeness (QED) is 0.324. The number of benzene rings is 3. The van der Waals surface area contributed by atoms with Gasteiger partial charge in [-0.1, -0.05) is 49.6 Å². The molecule has 0 bridgehead atoms. The van der Waals surface area contributed by atoms with Crippen molar-refractivity contribution in [2.45, 2.75) is 30.6 Å². The monoisotopic (exact) mass is 418 g/mol. The normalized spacial score (nSPS) is 10.7. The van der Waals surface area contributed by atoms with Crippen LogP contribution >= 0.6 is 23.5 Å². The number of carbonyl (C=O) groups excluding carboxylic acids is 2. The molecule has 0 aliphatic carbocycles. The van der Waals surface area contributed by atoms with E-state index in [-0.39, 0.29) is 10.2 Å². The first kappa shape index (κ1) is 21.2. The van der Waals surface area contributed by atoms with Crippen molar-refractivity contribution >= 4 is 44.5 Å². The fraction of sp³-hybridized carbons (Fsp3) is 0.120. The first-order chi connectivity index (χ1) is 13.8. The van der Waals surface area contributed by atoms with Crippen molar-refractivity contribution in [3.8, 4) is 11.1 Å². The van der Waals surface area contributed by atoms with E-state index in [9.17, 15) is 9.59 Å². The third kappa shape index (κ3) is 4.72. The van der Waals surface area contributed by atoms with Gasteiger partial charge in [0, 0.05) is 9.79 Å². The molecule has 0 saturated heterocycles. The zero-order valence-electron chi connectivity index (χ0n) is 16.7. The van der Waals surface area contributed by atoms with Crippen LogP contribution in [0.2, 0.25) is 0 Å².